The standard InChI is InChI=1S/C16H12F3N2O7PS.C16H11F3N2O4S.Cl5P/c17-16(18,19)10-2-1-3-12(8-10)30(25,26)21-14-5-4-11(28-29(22,23)24)9-13(14)15-20-6-7-27-15;17-16(18,19)10-2-1-3-12(8-10)26(23,24)21-14-5-4-11(22)9-13(14)15-20-6-7-25-15;1-6(2,3,4)5/h1-9,21H,(H2,22,23,24);1-9,21-22H;. The van der Waals surface area contributed by atoms with Crippen LogP contribution in [0.3, 0.4) is 0 Å². The van der Waals surface area contributed by atoms with Crippen molar-refractivity contribution in [2.75, 3.05) is 9.44 Å². The van der Waals surface area contributed by atoms with Gasteiger partial charge in [0.2, 0.25) is 11.8 Å². The van der Waals surface area contributed by atoms with Gasteiger partial charge in [0, 0.05) is 0 Å². The van der Waals surface area contributed by atoms with E-state index >= 15 is 0 Å². The second-order valence-electron chi connectivity index (χ2n) is 11.6. The Morgan fingerprint density at radius 2 is 1.05 bits per heavy atom. The summed E-state index contributed by atoms with van der Waals surface area (Å²) in [5.74, 6) is -0.589. The largest absolute Gasteiger partial charge is 0.524 e. The van der Waals surface area contributed by atoms with Crippen LogP contribution in [0, 0.1) is 0 Å². The Labute approximate surface area is 369 Å². The number of phenolic OH excluding ortho intramolecular Hbond substituents is 1. The van der Waals surface area contributed by atoms with Gasteiger partial charge in [-0.25, -0.2) is 31.4 Å². The van der Waals surface area contributed by atoms with Crippen molar-refractivity contribution in [1.29, 1.82) is 0 Å². The monoisotopic (exact) mass is 1050 g/mol. The van der Waals surface area contributed by atoms with Gasteiger partial charge >= 0.3 is 79.7 Å². The fourth-order valence-electron chi connectivity index (χ4n) is 4.58. The van der Waals surface area contributed by atoms with Crippen molar-refractivity contribution in [2.24, 2.45) is 0 Å². The molecule has 30 heteroatoms. The number of hydrogen-bond acceptors (Lipinski definition) is 11. The van der Waals surface area contributed by atoms with Gasteiger partial charge in [-0.05, 0) is 72.8 Å². The molecule has 2 heterocycles. The van der Waals surface area contributed by atoms with Gasteiger partial charge in [0.15, 0.2) is 0 Å². The smallest absolute Gasteiger partial charge is 0.508 e. The first-order valence-corrected chi connectivity index (χ1v) is 27.0. The molecule has 15 nitrogen and oxygen atoms in total. The van der Waals surface area contributed by atoms with Crippen LogP contribution in [0.15, 0.2) is 128 Å². The maximum Gasteiger partial charge on any atom is 0.524 e. The number of benzene rings is 4. The zero-order valence-electron chi connectivity index (χ0n) is 29.8. The first-order chi connectivity index (χ1) is 28.3. The molecule has 62 heavy (non-hydrogen) atoms. The van der Waals surface area contributed by atoms with E-state index in [9.17, 15) is 52.8 Å². The number of nitrogens with zero attached hydrogens (tertiary/aromatic N) is 2. The van der Waals surface area contributed by atoms with Crippen LogP contribution in [0.2, 0.25) is 0 Å². The zero-order valence-corrected chi connectivity index (χ0v) is 37.0. The summed E-state index contributed by atoms with van der Waals surface area (Å²) in [7, 11) is -13.7. The van der Waals surface area contributed by atoms with E-state index in [1.54, 1.807) is 0 Å². The van der Waals surface area contributed by atoms with Crippen LogP contribution in [-0.2, 0) is 37.0 Å². The normalized spacial score (nSPS) is 13.0. The van der Waals surface area contributed by atoms with Crippen molar-refractivity contribution in [3.63, 3.8) is 0 Å². The van der Waals surface area contributed by atoms with Gasteiger partial charge < -0.3 is 18.5 Å². The number of aromatic nitrogens is 2. The molecule has 5 N–H and O–H groups in total. The summed E-state index contributed by atoms with van der Waals surface area (Å²) in [6.07, 6.45) is -4.44. The molecule has 0 fully saturated rings. The minimum atomic E-state index is -4.91. The molecule has 336 valence electrons. The van der Waals surface area contributed by atoms with Crippen LogP contribution in [0.1, 0.15) is 11.1 Å². The van der Waals surface area contributed by atoms with E-state index < -0.39 is 64.5 Å². The Balaban J connectivity index is 0.000000243. The Morgan fingerprint density at radius 3 is 1.42 bits per heavy atom. The van der Waals surface area contributed by atoms with Crippen LogP contribution in [0.5, 0.6) is 11.5 Å². The number of phosphoric acid groups is 1. The number of rotatable bonds is 10. The summed E-state index contributed by atoms with van der Waals surface area (Å²) in [5.41, 5.74) is -2.36. The van der Waals surface area contributed by atoms with Gasteiger partial charge in [-0.15, -0.1) is 0 Å². The van der Waals surface area contributed by atoms with E-state index in [0.29, 0.717) is 12.1 Å². The molecule has 0 amide bonds. The first-order valence-electron chi connectivity index (χ1n) is 15.8. The van der Waals surface area contributed by atoms with E-state index in [1.807, 2.05) is 0 Å². The molecular weight excluding hydrogens is 1030 g/mol. The zero-order chi connectivity index (χ0) is 46.6. The Hall–Kier alpha value is -3.99. The van der Waals surface area contributed by atoms with E-state index in [0.717, 1.165) is 60.9 Å². The van der Waals surface area contributed by atoms with Crippen LogP contribution in [-0.4, -0.2) is 41.7 Å². The molecule has 0 aliphatic heterocycles. The maximum absolute atomic E-state index is 12.9. The molecular formula is C32H23Cl5F6N4O11P2S2. The van der Waals surface area contributed by atoms with Crippen molar-refractivity contribution in [1.82, 2.24) is 9.97 Å². The Kier molecular flexibility index (Phi) is 15.5. The fraction of sp³-hybridized carbons (Fsp3) is 0.0625. The number of aromatic hydroxyl groups is 1. The second kappa shape index (κ2) is 19.0. The average molecular weight is 1060 g/mol. The van der Waals surface area contributed by atoms with E-state index in [2.05, 4.69) is 23.9 Å². The molecule has 6 aromatic rings. The van der Waals surface area contributed by atoms with Crippen molar-refractivity contribution in [3.05, 3.63) is 121 Å². The maximum atomic E-state index is 12.9. The number of phosphoric ester groups is 1. The van der Waals surface area contributed by atoms with Crippen LogP contribution < -0.4 is 14.0 Å². The third-order valence-corrected chi connectivity index (χ3v) is 10.2. The predicted octanol–water partition coefficient (Wildman–Crippen LogP) is 11.8. The molecule has 0 spiro atoms. The summed E-state index contributed by atoms with van der Waals surface area (Å²) in [6, 6.07) is 13.4. The van der Waals surface area contributed by atoms with Gasteiger partial charge in [0.25, 0.3) is 20.0 Å². The minimum absolute atomic E-state index is 0.0114. The van der Waals surface area contributed by atoms with E-state index in [4.69, 9.17) is 74.8 Å². The summed E-state index contributed by atoms with van der Waals surface area (Å²) in [6.45, 7) is 0. The second-order valence-corrected chi connectivity index (χ2v) is 32.7. The number of halogens is 11. The minimum Gasteiger partial charge on any atom is -0.508 e. The average Bonchev–Trinajstić information content (AvgIpc) is 3.87. The van der Waals surface area contributed by atoms with Crippen LogP contribution >= 0.6 is 67.4 Å². The molecule has 2 aromatic heterocycles. The molecule has 0 saturated carbocycles. The summed E-state index contributed by atoms with van der Waals surface area (Å²) in [4.78, 5) is 24.4. The van der Waals surface area contributed by atoms with E-state index in [1.165, 1.54) is 36.9 Å². The molecule has 0 aliphatic rings. The topological polar surface area (TPSA) is 231 Å². The number of anilines is 2. The number of alkyl halides is 6. The SMILES string of the molecule is ClP(Cl)(Cl)(Cl)Cl.O=P(O)(O)Oc1ccc(NS(=O)(=O)c2cccc(C(F)(F)F)c2)c(-c2ncco2)c1.O=S(=O)(Nc1ccc(O)cc1-c1ncco1)c1cccc(C(F)(F)F)c1. The van der Waals surface area contributed by atoms with Gasteiger partial charge in [0.05, 0.1) is 55.8 Å². The molecule has 0 unspecified atom stereocenters. The van der Waals surface area contributed by atoms with Crippen molar-refractivity contribution in [2.45, 2.75) is 22.1 Å². The molecule has 6 rings (SSSR count). The van der Waals surface area contributed by atoms with Crippen molar-refractivity contribution in [3.8, 4) is 34.4 Å². The number of oxazole rings is 2. The number of phenols is 1. The number of hydrogen-bond donors (Lipinski definition) is 5. The van der Waals surface area contributed by atoms with Gasteiger partial charge in [-0.1, -0.05) is 12.1 Å². The third-order valence-electron chi connectivity index (χ3n) is 6.98. The quantitative estimate of drug-likeness (QED) is 0.0489. The number of nitrogens with one attached hydrogen (secondary N) is 2. The summed E-state index contributed by atoms with van der Waals surface area (Å²) >= 11 is 24.9. The Bertz CT molecular complexity index is 2780. The molecule has 0 radical (unpaired) electrons. The van der Waals surface area contributed by atoms with Gasteiger partial charge in [-0.3, -0.25) is 19.2 Å². The summed E-state index contributed by atoms with van der Waals surface area (Å²) in [5, 5.41) is 9.61. The molecule has 0 atom stereocenters. The third kappa shape index (κ3) is 16.0. The van der Waals surface area contributed by atoms with E-state index in [-0.39, 0.29) is 45.8 Å². The Morgan fingerprint density at radius 1 is 0.645 bits per heavy atom. The van der Waals surface area contributed by atoms with Crippen LogP contribution in [0.25, 0.3) is 22.9 Å². The first kappa shape index (κ1) is 50.7. The molecule has 0 bridgehead atoms. The van der Waals surface area contributed by atoms with Crippen LogP contribution in [0.4, 0.5) is 37.7 Å². The van der Waals surface area contributed by atoms with Crippen molar-refractivity contribution < 1.29 is 76.0 Å². The fourth-order valence-corrected chi connectivity index (χ4v) is 7.22. The van der Waals surface area contributed by atoms with Crippen molar-refractivity contribution >= 4 is 98.8 Å². The number of sulfonamides is 2. The molecule has 0 aliphatic carbocycles. The van der Waals surface area contributed by atoms with Gasteiger partial charge in [-0.2, -0.15) is 26.3 Å². The molecule has 0 saturated heterocycles. The van der Waals surface area contributed by atoms with Gasteiger partial charge in [0.1, 0.15) is 24.0 Å². The predicted molar refractivity (Wildman–Crippen MR) is 219 cm³/mol. The summed E-state index contributed by atoms with van der Waals surface area (Å²) < 4.78 is 154. The molecule has 4 aromatic carbocycles.